The van der Waals surface area contributed by atoms with Gasteiger partial charge in [-0.1, -0.05) is 202 Å². The van der Waals surface area contributed by atoms with Crippen molar-refractivity contribution in [3.8, 4) is 0 Å². The SMILES string of the molecule is CCO.COCN(Cc1ccccc1)C[Si](C)(C)C.ClCCl.N[C@@H]1CN(Cc2ccccc2)C[C@H]1c1ccccc1.O=[N+]([O-])/C=C/c1ccccc1.O=[N+]([O-])[C@@H]1CN(Cc2ccccc2)C[C@H]1c1ccccc1. The average Bonchev–Trinajstić information content (AvgIpc) is 3.98. The first-order valence-electron chi connectivity index (χ1n) is 24.6. The van der Waals surface area contributed by atoms with Gasteiger partial charge in [0.2, 0.25) is 12.2 Å². The Labute approximate surface area is 445 Å². The molecule has 0 unspecified atom stereocenters. The highest BCUT2D eigenvalue weighted by Crippen LogP contribution is 2.31. The summed E-state index contributed by atoms with van der Waals surface area (Å²) in [6.07, 6.45) is 3.56. The van der Waals surface area contributed by atoms with Crippen LogP contribution in [0, 0.1) is 20.2 Å². The van der Waals surface area contributed by atoms with Crippen LogP contribution in [0.25, 0.3) is 6.08 Å². The van der Waals surface area contributed by atoms with Gasteiger partial charge in [-0.25, -0.2) is 0 Å². The van der Waals surface area contributed by atoms with E-state index in [-0.39, 0.29) is 28.8 Å². The number of ether oxygens (including phenoxy) is 1. The van der Waals surface area contributed by atoms with Gasteiger partial charge in [-0.05, 0) is 46.5 Å². The van der Waals surface area contributed by atoms with E-state index in [0.717, 1.165) is 63.3 Å². The minimum absolute atomic E-state index is 0.0232. The molecule has 73 heavy (non-hydrogen) atoms. The van der Waals surface area contributed by atoms with Gasteiger partial charge in [0.05, 0.1) is 37.5 Å². The molecule has 6 aromatic carbocycles. The molecule has 15 heteroatoms. The third kappa shape index (κ3) is 25.8. The number of nitrogens with two attached hydrogens (primary N) is 1. The highest BCUT2D eigenvalue weighted by atomic mass is 35.5. The molecule has 3 N–H and O–H groups in total. The Kier molecular flexibility index (Phi) is 30.1. The minimum Gasteiger partial charge on any atom is -0.397 e. The fourth-order valence-corrected chi connectivity index (χ4v) is 10.1. The molecule has 2 saturated heterocycles. The van der Waals surface area contributed by atoms with Crippen LogP contribution in [0.4, 0.5) is 0 Å². The van der Waals surface area contributed by atoms with E-state index < -0.39 is 19.0 Å². The van der Waals surface area contributed by atoms with Crippen molar-refractivity contribution in [2.75, 3.05) is 58.1 Å². The van der Waals surface area contributed by atoms with Gasteiger partial charge in [0.15, 0.2) is 0 Å². The van der Waals surface area contributed by atoms with Gasteiger partial charge in [0.25, 0.3) is 0 Å². The Morgan fingerprint density at radius 1 is 0.658 bits per heavy atom. The maximum absolute atomic E-state index is 11.4. The van der Waals surface area contributed by atoms with Crippen LogP contribution in [0.2, 0.25) is 19.6 Å². The summed E-state index contributed by atoms with van der Waals surface area (Å²) in [6, 6.07) is 60.7. The maximum Gasteiger partial charge on any atom is 0.235 e. The number of benzene rings is 6. The molecule has 4 atom stereocenters. The van der Waals surface area contributed by atoms with E-state index in [1.54, 1.807) is 26.2 Å². The van der Waals surface area contributed by atoms with Gasteiger partial charge in [0, 0.05) is 75.9 Å². The number of aliphatic hydroxyl groups is 1. The summed E-state index contributed by atoms with van der Waals surface area (Å²) in [5.41, 5.74) is 13.5. The second-order valence-electron chi connectivity index (χ2n) is 18.8. The predicted octanol–water partition coefficient (Wildman–Crippen LogP) is 11.9. The molecule has 0 radical (unpaired) electrons. The first kappa shape index (κ1) is 61.7. The first-order valence-corrected chi connectivity index (χ1v) is 29.3. The van der Waals surface area contributed by atoms with Gasteiger partial charge in [0.1, 0.15) is 0 Å². The van der Waals surface area contributed by atoms with Crippen LogP contribution < -0.4 is 5.73 Å². The van der Waals surface area contributed by atoms with Gasteiger partial charge < -0.3 is 15.6 Å². The van der Waals surface area contributed by atoms with E-state index in [9.17, 15) is 20.2 Å². The van der Waals surface area contributed by atoms with Crippen LogP contribution in [0.5, 0.6) is 0 Å². The van der Waals surface area contributed by atoms with Crippen molar-refractivity contribution in [2.45, 2.75) is 70.1 Å². The lowest BCUT2D eigenvalue weighted by Crippen LogP contribution is -2.40. The third-order valence-corrected chi connectivity index (χ3v) is 12.9. The number of likely N-dealkylation sites (tertiary alicyclic amines) is 2. The van der Waals surface area contributed by atoms with Crippen molar-refractivity contribution < 1.29 is 19.7 Å². The Morgan fingerprint density at radius 2 is 1.04 bits per heavy atom. The summed E-state index contributed by atoms with van der Waals surface area (Å²) >= 11 is 9.53. The zero-order valence-electron chi connectivity index (χ0n) is 43.1. The van der Waals surface area contributed by atoms with Crippen molar-refractivity contribution >= 4 is 37.4 Å². The zero-order valence-corrected chi connectivity index (χ0v) is 45.6. The normalized spacial score (nSPS) is 17.2. The highest BCUT2D eigenvalue weighted by Gasteiger charge is 2.41. The van der Waals surface area contributed by atoms with Gasteiger partial charge >= 0.3 is 0 Å². The Bertz CT molecular complexity index is 2380. The molecule has 2 aliphatic heterocycles. The predicted molar refractivity (Wildman–Crippen MR) is 304 cm³/mol. The molecule has 0 amide bonds. The molecule has 12 nitrogen and oxygen atoms in total. The summed E-state index contributed by atoms with van der Waals surface area (Å²) in [7, 11) is 0.701. The number of methoxy groups -OCH3 is 1. The number of hydrogen-bond acceptors (Lipinski definition) is 10. The molecular weight excluding hydrogens is 976 g/mol. The molecule has 0 aromatic heterocycles. The van der Waals surface area contributed by atoms with Gasteiger partial charge in [-0.3, -0.25) is 34.9 Å². The molecule has 2 heterocycles. The van der Waals surface area contributed by atoms with E-state index in [1.165, 1.54) is 34.5 Å². The van der Waals surface area contributed by atoms with E-state index in [1.807, 2.05) is 66.7 Å². The summed E-state index contributed by atoms with van der Waals surface area (Å²) in [5.74, 6) is 0.440. The van der Waals surface area contributed by atoms with Crippen molar-refractivity contribution in [1.29, 1.82) is 0 Å². The lowest BCUT2D eigenvalue weighted by atomic mass is 9.95. The Balaban J connectivity index is 0.000000252. The third-order valence-electron chi connectivity index (χ3n) is 11.5. The van der Waals surface area contributed by atoms with Crippen LogP contribution in [0.3, 0.4) is 0 Å². The van der Waals surface area contributed by atoms with Crippen LogP contribution >= 0.6 is 23.2 Å². The zero-order chi connectivity index (χ0) is 53.3. The molecule has 6 aromatic rings. The average molecular weight is 1050 g/mol. The standard InChI is InChI=1S/C17H18N2O2.C17H20N2.C13H23NOSi.C8H7NO2.C2H6O.CH2Cl2/c20-19(21)17-13-18(11-14-7-3-1-4-8-14)12-16(17)15-9-5-2-6-10-15;18-17-13-19(11-14-7-3-1-4-8-14)12-16(17)15-9-5-2-6-10-15;1-15-11-14(12-16(2,3)4)10-13-8-6-5-7-9-13;10-9(11)7-6-8-4-2-1-3-5-8;1-2-3;2-1-3/h1-10,16-17H,11-13H2;1-10,16-17H,11-13,18H2;5-9H,10-12H2,1-4H3;1-7H;3H,2H2,1H3;1H2/b;;;7-6+;;/t2*16-,17+;;;;/m00..../s1. The highest BCUT2D eigenvalue weighted by molar-refractivity contribution is 6.76. The van der Waals surface area contributed by atoms with Crippen molar-refractivity contribution in [2.24, 2.45) is 5.73 Å². The number of aliphatic hydroxyl groups excluding tert-OH is 1. The number of alkyl halides is 2. The number of halogens is 2. The van der Waals surface area contributed by atoms with E-state index >= 15 is 0 Å². The lowest BCUT2D eigenvalue weighted by Gasteiger charge is -2.28. The van der Waals surface area contributed by atoms with Crippen LogP contribution in [0.15, 0.2) is 188 Å². The topological polar surface area (TPSA) is 151 Å². The molecule has 2 fully saturated rings. The van der Waals surface area contributed by atoms with Gasteiger partial charge in [-0.15, -0.1) is 23.2 Å². The fourth-order valence-electron chi connectivity index (χ4n) is 8.57. The Morgan fingerprint density at radius 3 is 1.45 bits per heavy atom. The largest absolute Gasteiger partial charge is 0.397 e. The van der Waals surface area contributed by atoms with Gasteiger partial charge in [-0.2, -0.15) is 0 Å². The molecule has 392 valence electrons. The minimum atomic E-state index is -1.07. The lowest BCUT2D eigenvalue weighted by molar-refractivity contribution is -0.521. The van der Waals surface area contributed by atoms with Crippen molar-refractivity contribution in [3.63, 3.8) is 0 Å². The summed E-state index contributed by atoms with van der Waals surface area (Å²) in [6.45, 7) is 15.9. The summed E-state index contributed by atoms with van der Waals surface area (Å²) in [5, 5.41) is 29.0. The first-order chi connectivity index (χ1) is 35.2. The molecule has 0 saturated carbocycles. The monoisotopic (exact) mass is 1050 g/mol. The number of rotatable bonds is 15. The van der Waals surface area contributed by atoms with E-state index in [4.69, 9.17) is 38.8 Å². The molecule has 0 bridgehead atoms. The van der Waals surface area contributed by atoms with Crippen LogP contribution in [-0.4, -0.2) is 108 Å². The molecule has 8 rings (SSSR count). The fraction of sp³-hybridized carbons (Fsp3) is 0.345. The van der Waals surface area contributed by atoms with Crippen molar-refractivity contribution in [3.05, 3.63) is 242 Å². The molecule has 0 spiro atoms. The van der Waals surface area contributed by atoms with Crippen LogP contribution in [-0.2, 0) is 24.4 Å². The number of hydrogen-bond donors (Lipinski definition) is 2. The maximum atomic E-state index is 11.4. The smallest absolute Gasteiger partial charge is 0.235 e. The molecule has 0 aliphatic carbocycles. The van der Waals surface area contributed by atoms with E-state index in [2.05, 4.69) is 137 Å². The van der Waals surface area contributed by atoms with Crippen LogP contribution in [0.1, 0.15) is 52.1 Å². The number of nitrogens with zero attached hydrogens (tertiary/aromatic N) is 5. The second kappa shape index (κ2) is 35.5. The summed E-state index contributed by atoms with van der Waals surface area (Å²) < 4.78 is 5.27. The molecule has 2 aliphatic rings. The molecular formula is C58H76Cl2N6O6Si. The van der Waals surface area contributed by atoms with Crippen molar-refractivity contribution in [1.82, 2.24) is 14.7 Å². The summed E-state index contributed by atoms with van der Waals surface area (Å²) in [4.78, 5) is 27.7. The second-order valence-corrected chi connectivity index (χ2v) is 25.0. The number of nitro groups is 2. The van der Waals surface area contributed by atoms with E-state index in [0.29, 0.717) is 12.5 Å². The Hall–Kier alpha value is -5.58. The quantitative estimate of drug-likeness (QED) is 0.0334.